The van der Waals surface area contributed by atoms with E-state index in [-0.39, 0.29) is 5.92 Å². The summed E-state index contributed by atoms with van der Waals surface area (Å²) in [5.41, 5.74) is -1.46. The predicted molar refractivity (Wildman–Crippen MR) is 134 cm³/mol. The van der Waals surface area contributed by atoms with Crippen molar-refractivity contribution in [1.29, 1.82) is 0 Å². The van der Waals surface area contributed by atoms with Gasteiger partial charge < -0.3 is 0 Å². The third-order valence-corrected chi connectivity index (χ3v) is 10.8. The molecule has 0 aromatic heterocycles. The average Bonchev–Trinajstić information content (AvgIpc) is 2.78. The van der Waals surface area contributed by atoms with Gasteiger partial charge in [0.05, 0.1) is 5.41 Å². The van der Waals surface area contributed by atoms with Gasteiger partial charge in [-0.15, -0.1) is 0 Å². The molecule has 0 aliphatic heterocycles. The quantitative estimate of drug-likeness (QED) is 0.381. The minimum Gasteiger partial charge on any atom is -0.299 e. The summed E-state index contributed by atoms with van der Waals surface area (Å²) in [7, 11) is 0. The van der Waals surface area contributed by atoms with E-state index in [4.69, 9.17) is 0 Å². The molecule has 0 saturated heterocycles. The maximum Gasteiger partial charge on any atom is 0.394 e. The summed E-state index contributed by atoms with van der Waals surface area (Å²) in [5, 5.41) is 0. The second kappa shape index (κ2) is 11.7. The summed E-state index contributed by atoms with van der Waals surface area (Å²) < 4.78 is 40.1. The molecular formula is C30H51F3O. The molecule has 0 aromatic carbocycles. The SMILES string of the molecule is CC1CCC(C2CCC(C)C(=O)C2)CC1.CC1CCC(C2CCC(C)C(C)(C(F)(F)F)C2)CC1. The van der Waals surface area contributed by atoms with Crippen LogP contribution in [0.3, 0.4) is 0 Å². The molecule has 4 heteroatoms. The molecule has 4 fully saturated rings. The van der Waals surface area contributed by atoms with E-state index in [1.165, 1.54) is 51.9 Å². The van der Waals surface area contributed by atoms with Crippen LogP contribution in [0, 0.1) is 52.8 Å². The third-order valence-electron chi connectivity index (χ3n) is 10.8. The van der Waals surface area contributed by atoms with E-state index in [1.54, 1.807) is 6.92 Å². The van der Waals surface area contributed by atoms with Crippen LogP contribution in [0.5, 0.6) is 0 Å². The number of ketones is 1. The zero-order valence-corrected chi connectivity index (χ0v) is 22.6. The lowest BCUT2D eigenvalue weighted by Gasteiger charge is -2.47. The van der Waals surface area contributed by atoms with Crippen molar-refractivity contribution < 1.29 is 18.0 Å². The second-order valence-corrected chi connectivity index (χ2v) is 13.3. The van der Waals surface area contributed by atoms with E-state index in [1.807, 2.05) is 0 Å². The van der Waals surface area contributed by atoms with Gasteiger partial charge in [-0.1, -0.05) is 60.3 Å². The van der Waals surface area contributed by atoms with Crippen LogP contribution in [-0.4, -0.2) is 12.0 Å². The first-order valence-corrected chi connectivity index (χ1v) is 14.5. The highest BCUT2D eigenvalue weighted by Crippen LogP contribution is 2.56. The zero-order valence-electron chi connectivity index (χ0n) is 22.6. The molecule has 4 aliphatic carbocycles. The van der Waals surface area contributed by atoms with Crippen molar-refractivity contribution in [2.24, 2.45) is 52.8 Å². The van der Waals surface area contributed by atoms with Crippen LogP contribution in [0.1, 0.15) is 125 Å². The van der Waals surface area contributed by atoms with Crippen LogP contribution < -0.4 is 0 Å². The molecule has 0 bridgehead atoms. The highest BCUT2D eigenvalue weighted by atomic mass is 19.4. The summed E-state index contributed by atoms with van der Waals surface area (Å²) >= 11 is 0. The molecule has 4 aliphatic rings. The fourth-order valence-electron chi connectivity index (χ4n) is 7.53. The molecule has 4 rings (SSSR count). The molecule has 5 unspecified atom stereocenters. The summed E-state index contributed by atoms with van der Waals surface area (Å²) in [6.45, 7) is 9.97. The lowest BCUT2D eigenvalue weighted by Crippen LogP contribution is -2.46. The fraction of sp³-hybridized carbons (Fsp3) is 0.967. The van der Waals surface area contributed by atoms with Crippen LogP contribution in [0.25, 0.3) is 0 Å². The van der Waals surface area contributed by atoms with Crippen molar-refractivity contribution >= 4 is 5.78 Å². The predicted octanol–water partition coefficient (Wildman–Crippen LogP) is 9.64. The van der Waals surface area contributed by atoms with Crippen molar-refractivity contribution in [3.05, 3.63) is 0 Å². The van der Waals surface area contributed by atoms with Gasteiger partial charge in [0.2, 0.25) is 0 Å². The molecule has 0 heterocycles. The minimum absolute atomic E-state index is 0.230. The van der Waals surface area contributed by atoms with E-state index in [9.17, 15) is 18.0 Å². The topological polar surface area (TPSA) is 17.1 Å². The van der Waals surface area contributed by atoms with E-state index in [2.05, 4.69) is 20.8 Å². The highest BCUT2D eigenvalue weighted by Gasteiger charge is 2.57. The Morgan fingerprint density at radius 1 is 0.647 bits per heavy atom. The van der Waals surface area contributed by atoms with Crippen molar-refractivity contribution in [1.82, 2.24) is 0 Å². The molecule has 198 valence electrons. The number of rotatable bonds is 2. The van der Waals surface area contributed by atoms with Crippen molar-refractivity contribution in [3.63, 3.8) is 0 Å². The van der Waals surface area contributed by atoms with Gasteiger partial charge in [0, 0.05) is 12.3 Å². The number of carbonyl (C=O) groups excluding carboxylic acids is 1. The standard InChI is InChI=1S/C16H27F3.C14H24O/c1-11-4-7-13(8-5-11)14-9-6-12(2)15(3,10-14)16(17,18)19;1-10-3-6-12(7-4-10)13-8-5-11(2)14(15)9-13/h11-14H,4-10H2,1-3H3;10-13H,3-9H2,1-2H3. The normalized spacial score (nSPS) is 44.2. The van der Waals surface area contributed by atoms with Gasteiger partial charge in [-0.2, -0.15) is 13.2 Å². The van der Waals surface area contributed by atoms with E-state index in [0.717, 1.165) is 62.2 Å². The van der Waals surface area contributed by atoms with Crippen LogP contribution in [0.15, 0.2) is 0 Å². The van der Waals surface area contributed by atoms with Gasteiger partial charge in [0.15, 0.2) is 0 Å². The number of hydrogen-bond donors (Lipinski definition) is 0. The molecule has 0 spiro atoms. The maximum absolute atomic E-state index is 13.4. The Morgan fingerprint density at radius 3 is 1.56 bits per heavy atom. The van der Waals surface area contributed by atoms with Crippen molar-refractivity contribution in [2.75, 3.05) is 0 Å². The molecule has 34 heavy (non-hydrogen) atoms. The molecule has 5 atom stereocenters. The Hall–Kier alpha value is -0.540. The Labute approximate surface area is 207 Å². The summed E-state index contributed by atoms with van der Waals surface area (Å²) in [4.78, 5) is 11.7. The number of hydrogen-bond acceptors (Lipinski definition) is 1. The lowest BCUT2D eigenvalue weighted by atomic mass is 9.60. The Morgan fingerprint density at radius 2 is 1.09 bits per heavy atom. The van der Waals surface area contributed by atoms with Crippen LogP contribution in [0.4, 0.5) is 13.2 Å². The number of Topliss-reactive ketones (excluding diaryl/α,β-unsaturated/α-hetero) is 1. The summed E-state index contributed by atoms with van der Waals surface area (Å²) in [6.07, 6.45) is 11.7. The van der Waals surface area contributed by atoms with E-state index >= 15 is 0 Å². The smallest absolute Gasteiger partial charge is 0.299 e. The maximum atomic E-state index is 13.4. The van der Waals surface area contributed by atoms with E-state index < -0.39 is 11.6 Å². The lowest BCUT2D eigenvalue weighted by molar-refractivity contribution is -0.250. The molecule has 0 radical (unpaired) electrons. The Bertz CT molecular complexity index is 642. The molecule has 0 amide bonds. The average molecular weight is 485 g/mol. The zero-order chi connectivity index (χ0) is 25.1. The Kier molecular flexibility index (Phi) is 9.63. The van der Waals surface area contributed by atoms with Gasteiger partial charge in [-0.3, -0.25) is 4.79 Å². The first-order valence-electron chi connectivity index (χ1n) is 14.5. The van der Waals surface area contributed by atoms with Crippen molar-refractivity contribution in [3.8, 4) is 0 Å². The van der Waals surface area contributed by atoms with Crippen LogP contribution >= 0.6 is 0 Å². The Balaban J connectivity index is 0.000000196. The van der Waals surface area contributed by atoms with Crippen molar-refractivity contribution in [2.45, 2.75) is 131 Å². The van der Waals surface area contributed by atoms with E-state index in [0.29, 0.717) is 30.0 Å². The van der Waals surface area contributed by atoms with Crippen LogP contribution in [0.2, 0.25) is 0 Å². The van der Waals surface area contributed by atoms with Gasteiger partial charge in [-0.05, 0) is 99.2 Å². The van der Waals surface area contributed by atoms with Gasteiger partial charge in [0.1, 0.15) is 5.78 Å². The largest absolute Gasteiger partial charge is 0.394 e. The molecule has 0 aromatic rings. The van der Waals surface area contributed by atoms with Crippen LogP contribution in [-0.2, 0) is 4.79 Å². The first-order chi connectivity index (χ1) is 15.9. The minimum atomic E-state index is -4.05. The summed E-state index contributed by atoms with van der Waals surface area (Å²) in [6, 6.07) is 0. The molecule has 0 N–H and O–H groups in total. The third kappa shape index (κ3) is 6.81. The molecular weight excluding hydrogens is 433 g/mol. The summed E-state index contributed by atoms with van der Waals surface area (Å²) in [5.74, 6) is 4.81. The van der Waals surface area contributed by atoms with Gasteiger partial charge >= 0.3 is 6.18 Å². The number of alkyl halides is 3. The highest BCUT2D eigenvalue weighted by molar-refractivity contribution is 5.81. The number of halogens is 3. The fourth-order valence-corrected chi connectivity index (χ4v) is 7.53. The number of carbonyl (C=O) groups is 1. The van der Waals surface area contributed by atoms with Gasteiger partial charge in [-0.25, -0.2) is 0 Å². The van der Waals surface area contributed by atoms with Gasteiger partial charge in [0.25, 0.3) is 0 Å². The molecule has 4 saturated carbocycles. The monoisotopic (exact) mass is 484 g/mol. The first kappa shape index (κ1) is 28.0. The molecule has 1 nitrogen and oxygen atoms in total. The second-order valence-electron chi connectivity index (χ2n) is 13.3.